The Morgan fingerprint density at radius 1 is 1.31 bits per heavy atom. The molecule has 1 aliphatic rings. The summed E-state index contributed by atoms with van der Waals surface area (Å²) in [4.78, 5) is 32.5. The fourth-order valence-corrected chi connectivity index (χ4v) is 4.22. The third-order valence-corrected chi connectivity index (χ3v) is 5.96. The average Bonchev–Trinajstić information content (AvgIpc) is 2.96. The summed E-state index contributed by atoms with van der Waals surface area (Å²) in [5.41, 5.74) is 1.04. The predicted molar refractivity (Wildman–Crippen MR) is 107 cm³/mol. The number of piperidine rings is 1. The standard InChI is InChI=1S/C19H32N4O2S/c1-5-7-10-20-18(25)15-9-8-13(3)23(11-15)12-17(24)22-19-21-16(6-2)14(4)26-19/h13,15H,5-12H2,1-4H3,(H,20,25)(H,21,22,24). The van der Waals surface area contributed by atoms with E-state index in [0.29, 0.717) is 24.3 Å². The largest absolute Gasteiger partial charge is 0.356 e. The Hall–Kier alpha value is -1.47. The number of aryl methyl sites for hydroxylation is 2. The number of likely N-dealkylation sites (tertiary alicyclic amines) is 1. The number of amides is 2. The Bertz CT molecular complexity index is 617. The van der Waals surface area contributed by atoms with Crippen molar-refractivity contribution < 1.29 is 9.59 Å². The minimum atomic E-state index is -0.0553. The van der Waals surface area contributed by atoms with Crippen LogP contribution in [0.1, 0.15) is 57.0 Å². The Labute approximate surface area is 160 Å². The van der Waals surface area contributed by atoms with Crippen LogP contribution in [0.3, 0.4) is 0 Å². The molecule has 0 aliphatic carbocycles. The molecule has 2 rings (SSSR count). The van der Waals surface area contributed by atoms with Gasteiger partial charge in [0.2, 0.25) is 11.8 Å². The van der Waals surface area contributed by atoms with E-state index in [1.54, 1.807) is 0 Å². The number of rotatable bonds is 8. The van der Waals surface area contributed by atoms with Crippen LogP contribution in [-0.2, 0) is 16.0 Å². The lowest BCUT2D eigenvalue weighted by Gasteiger charge is -2.36. The molecular formula is C19H32N4O2S. The molecule has 1 aromatic rings. The first-order chi connectivity index (χ1) is 12.4. The highest BCUT2D eigenvalue weighted by Crippen LogP contribution is 2.24. The highest BCUT2D eigenvalue weighted by molar-refractivity contribution is 7.15. The number of carbonyl (C=O) groups excluding carboxylic acids is 2. The number of hydrogen-bond acceptors (Lipinski definition) is 5. The van der Waals surface area contributed by atoms with Crippen molar-refractivity contribution >= 4 is 28.3 Å². The van der Waals surface area contributed by atoms with E-state index in [1.165, 1.54) is 11.3 Å². The molecule has 0 aromatic carbocycles. The highest BCUT2D eigenvalue weighted by Gasteiger charge is 2.30. The van der Waals surface area contributed by atoms with Gasteiger partial charge in [-0.1, -0.05) is 20.3 Å². The molecule has 1 fully saturated rings. The van der Waals surface area contributed by atoms with E-state index in [4.69, 9.17) is 0 Å². The van der Waals surface area contributed by atoms with Crippen LogP contribution in [0.4, 0.5) is 5.13 Å². The zero-order chi connectivity index (χ0) is 19.1. The molecule has 146 valence electrons. The number of nitrogens with zero attached hydrogens (tertiary/aromatic N) is 2. The second-order valence-electron chi connectivity index (χ2n) is 7.12. The second kappa shape index (κ2) is 10.0. The van der Waals surface area contributed by atoms with Crippen molar-refractivity contribution in [2.75, 3.05) is 25.0 Å². The number of aromatic nitrogens is 1. The maximum atomic E-state index is 12.4. The summed E-state index contributed by atoms with van der Waals surface area (Å²) in [6.07, 6.45) is 4.78. The van der Waals surface area contributed by atoms with Crippen LogP contribution in [0.5, 0.6) is 0 Å². The lowest BCUT2D eigenvalue weighted by molar-refractivity contribution is -0.128. The third-order valence-electron chi connectivity index (χ3n) is 5.03. The summed E-state index contributed by atoms with van der Waals surface area (Å²) in [5.74, 6) is 0.0452. The number of anilines is 1. The average molecular weight is 381 g/mol. The van der Waals surface area contributed by atoms with Crippen LogP contribution in [0.25, 0.3) is 0 Å². The molecule has 26 heavy (non-hydrogen) atoms. The Morgan fingerprint density at radius 2 is 2.08 bits per heavy atom. The van der Waals surface area contributed by atoms with Crippen LogP contribution in [-0.4, -0.2) is 47.4 Å². The van der Waals surface area contributed by atoms with Gasteiger partial charge >= 0.3 is 0 Å². The zero-order valence-corrected chi connectivity index (χ0v) is 17.2. The van der Waals surface area contributed by atoms with Gasteiger partial charge in [-0.15, -0.1) is 11.3 Å². The van der Waals surface area contributed by atoms with Crippen molar-refractivity contribution in [2.24, 2.45) is 5.92 Å². The van der Waals surface area contributed by atoms with Crippen molar-refractivity contribution in [2.45, 2.75) is 65.8 Å². The van der Waals surface area contributed by atoms with E-state index in [1.807, 2.05) is 6.92 Å². The first-order valence-corrected chi connectivity index (χ1v) is 10.5. The molecule has 0 spiro atoms. The first kappa shape index (κ1) is 20.8. The van der Waals surface area contributed by atoms with E-state index in [9.17, 15) is 9.59 Å². The minimum absolute atomic E-state index is 0.0235. The van der Waals surface area contributed by atoms with E-state index in [2.05, 4.69) is 41.3 Å². The second-order valence-corrected chi connectivity index (χ2v) is 8.32. The van der Waals surface area contributed by atoms with Crippen LogP contribution < -0.4 is 10.6 Å². The molecule has 1 aliphatic heterocycles. The van der Waals surface area contributed by atoms with Crippen LogP contribution >= 0.6 is 11.3 Å². The van der Waals surface area contributed by atoms with Gasteiger partial charge in [-0.2, -0.15) is 0 Å². The molecule has 0 radical (unpaired) electrons. The van der Waals surface area contributed by atoms with Gasteiger partial charge in [0.25, 0.3) is 0 Å². The van der Waals surface area contributed by atoms with Crippen molar-refractivity contribution in [1.82, 2.24) is 15.2 Å². The zero-order valence-electron chi connectivity index (χ0n) is 16.4. The molecule has 0 bridgehead atoms. The lowest BCUT2D eigenvalue weighted by atomic mass is 9.92. The van der Waals surface area contributed by atoms with E-state index < -0.39 is 0 Å². The number of carbonyl (C=O) groups is 2. The smallest absolute Gasteiger partial charge is 0.240 e. The quantitative estimate of drug-likeness (QED) is 0.680. The number of nitrogens with one attached hydrogen (secondary N) is 2. The number of hydrogen-bond donors (Lipinski definition) is 2. The number of unbranched alkanes of at least 4 members (excludes halogenated alkanes) is 1. The third kappa shape index (κ3) is 5.77. The SMILES string of the molecule is CCCCNC(=O)C1CCC(C)N(CC(=O)Nc2nc(CC)c(C)s2)C1. The lowest BCUT2D eigenvalue weighted by Crippen LogP contribution is -2.49. The highest BCUT2D eigenvalue weighted by atomic mass is 32.1. The molecule has 2 heterocycles. The van der Waals surface area contributed by atoms with Crippen molar-refractivity contribution in [3.8, 4) is 0 Å². The maximum Gasteiger partial charge on any atom is 0.240 e. The van der Waals surface area contributed by atoms with Crippen LogP contribution in [0.15, 0.2) is 0 Å². The normalized spacial score (nSPS) is 20.8. The van der Waals surface area contributed by atoms with Crippen molar-refractivity contribution in [3.63, 3.8) is 0 Å². The fraction of sp³-hybridized carbons (Fsp3) is 0.737. The van der Waals surface area contributed by atoms with E-state index >= 15 is 0 Å². The monoisotopic (exact) mass is 380 g/mol. The molecule has 7 heteroatoms. The van der Waals surface area contributed by atoms with Crippen LogP contribution in [0.2, 0.25) is 0 Å². The molecule has 2 amide bonds. The minimum Gasteiger partial charge on any atom is -0.356 e. The molecule has 0 saturated carbocycles. The van der Waals surface area contributed by atoms with Gasteiger partial charge in [0.1, 0.15) is 0 Å². The Balaban J connectivity index is 1.87. The van der Waals surface area contributed by atoms with E-state index in [0.717, 1.165) is 49.2 Å². The molecule has 2 N–H and O–H groups in total. The topological polar surface area (TPSA) is 74.3 Å². The van der Waals surface area contributed by atoms with Gasteiger partial charge in [0, 0.05) is 24.0 Å². The predicted octanol–water partition coefficient (Wildman–Crippen LogP) is 2.97. The van der Waals surface area contributed by atoms with Gasteiger partial charge in [-0.25, -0.2) is 4.98 Å². The van der Waals surface area contributed by atoms with Gasteiger partial charge in [-0.05, 0) is 39.5 Å². The summed E-state index contributed by atoms with van der Waals surface area (Å²) >= 11 is 1.52. The summed E-state index contributed by atoms with van der Waals surface area (Å²) < 4.78 is 0. The summed E-state index contributed by atoms with van der Waals surface area (Å²) in [7, 11) is 0. The molecule has 6 nitrogen and oxygen atoms in total. The summed E-state index contributed by atoms with van der Waals surface area (Å²) in [6.45, 7) is 10.0. The molecule has 1 aromatic heterocycles. The van der Waals surface area contributed by atoms with Crippen molar-refractivity contribution in [3.05, 3.63) is 10.6 Å². The summed E-state index contributed by atoms with van der Waals surface area (Å²) in [6, 6.07) is 0.310. The van der Waals surface area contributed by atoms with Gasteiger partial charge in [-0.3, -0.25) is 14.5 Å². The summed E-state index contributed by atoms with van der Waals surface area (Å²) in [5, 5.41) is 6.61. The Morgan fingerprint density at radius 3 is 2.73 bits per heavy atom. The van der Waals surface area contributed by atoms with Crippen LogP contribution in [0, 0.1) is 12.8 Å². The van der Waals surface area contributed by atoms with Crippen molar-refractivity contribution in [1.29, 1.82) is 0 Å². The number of thiazole rings is 1. The fourth-order valence-electron chi connectivity index (χ4n) is 3.30. The van der Waals surface area contributed by atoms with E-state index in [-0.39, 0.29) is 17.7 Å². The molecule has 2 atom stereocenters. The maximum absolute atomic E-state index is 12.4. The van der Waals surface area contributed by atoms with Gasteiger partial charge in [0.15, 0.2) is 5.13 Å². The molecule has 2 unspecified atom stereocenters. The first-order valence-electron chi connectivity index (χ1n) is 9.72. The molecular weight excluding hydrogens is 348 g/mol. The Kier molecular flexibility index (Phi) is 8.03. The van der Waals surface area contributed by atoms with Gasteiger partial charge in [0.05, 0.1) is 18.2 Å². The van der Waals surface area contributed by atoms with Gasteiger partial charge < -0.3 is 10.6 Å². The molecule has 1 saturated heterocycles.